The summed E-state index contributed by atoms with van der Waals surface area (Å²) in [5.41, 5.74) is 4.96. The highest BCUT2D eigenvalue weighted by Gasteiger charge is 2.22. The average Bonchev–Trinajstić information content (AvgIpc) is 3.23. The standard InChI is InChI=1S/C23H27N5.CO2/c1-17-5-8-20(9-6-17)27-11-13-28(14-12-27)22-10-7-19(15-24-22)23-25-16-21(26-23)18-3-2-4-18;2-1-3/h5-10,15-16,18H,2-4,11-14H2,1H3,(H,25,26);. The normalized spacial score (nSPS) is 16.2. The number of pyridine rings is 1. The Bertz CT molecular complexity index is 1010. The number of nitrogens with one attached hydrogen (secondary N) is 1. The molecule has 7 nitrogen and oxygen atoms in total. The third-order valence-corrected chi connectivity index (χ3v) is 6.16. The molecule has 3 aromatic rings. The van der Waals surface area contributed by atoms with E-state index in [2.05, 4.69) is 63.1 Å². The lowest BCUT2D eigenvalue weighted by atomic mass is 9.83. The summed E-state index contributed by atoms with van der Waals surface area (Å²) in [5, 5.41) is 0. The summed E-state index contributed by atoms with van der Waals surface area (Å²) in [6.45, 7) is 6.17. The van der Waals surface area contributed by atoms with Crippen LogP contribution in [0.4, 0.5) is 11.5 Å². The van der Waals surface area contributed by atoms with Gasteiger partial charge >= 0.3 is 6.15 Å². The number of hydrogen-bond donors (Lipinski definition) is 1. The molecular formula is C24H27N5O2. The van der Waals surface area contributed by atoms with Crippen LogP contribution in [-0.4, -0.2) is 47.3 Å². The maximum absolute atomic E-state index is 8.12. The molecule has 0 amide bonds. The Morgan fingerprint density at radius 1 is 0.903 bits per heavy atom. The van der Waals surface area contributed by atoms with Crippen molar-refractivity contribution in [2.45, 2.75) is 32.1 Å². The fourth-order valence-corrected chi connectivity index (χ4v) is 4.07. The Hall–Kier alpha value is -3.44. The van der Waals surface area contributed by atoms with Crippen LogP contribution in [-0.2, 0) is 9.59 Å². The van der Waals surface area contributed by atoms with Gasteiger partial charge in [0, 0.05) is 61.4 Å². The quantitative estimate of drug-likeness (QED) is 0.696. The number of aromatic nitrogens is 3. The first-order chi connectivity index (χ1) is 15.2. The lowest BCUT2D eigenvalue weighted by Crippen LogP contribution is -2.46. The highest BCUT2D eigenvalue weighted by molar-refractivity contribution is 5.57. The molecule has 2 fully saturated rings. The Morgan fingerprint density at radius 2 is 1.58 bits per heavy atom. The second kappa shape index (κ2) is 9.58. The molecule has 2 aliphatic rings. The molecule has 0 unspecified atom stereocenters. The largest absolute Gasteiger partial charge is 0.373 e. The van der Waals surface area contributed by atoms with Crippen LogP contribution >= 0.6 is 0 Å². The molecule has 0 bridgehead atoms. The van der Waals surface area contributed by atoms with E-state index in [9.17, 15) is 0 Å². The van der Waals surface area contributed by atoms with Gasteiger partial charge in [0.15, 0.2) is 0 Å². The molecule has 0 spiro atoms. The number of nitrogens with zero attached hydrogens (tertiary/aromatic N) is 4. The van der Waals surface area contributed by atoms with Crippen LogP contribution in [0, 0.1) is 6.92 Å². The maximum atomic E-state index is 8.12. The first-order valence-corrected chi connectivity index (χ1v) is 10.7. The Morgan fingerprint density at radius 3 is 2.16 bits per heavy atom. The smallest absolute Gasteiger partial charge is 0.368 e. The van der Waals surface area contributed by atoms with E-state index in [-0.39, 0.29) is 6.15 Å². The van der Waals surface area contributed by atoms with Crippen molar-refractivity contribution >= 4 is 17.7 Å². The van der Waals surface area contributed by atoms with E-state index >= 15 is 0 Å². The highest BCUT2D eigenvalue weighted by Crippen LogP contribution is 2.36. The second-order valence-electron chi connectivity index (χ2n) is 8.11. The van der Waals surface area contributed by atoms with Gasteiger partial charge in [0.05, 0.1) is 0 Å². The van der Waals surface area contributed by atoms with Crippen LogP contribution in [0.1, 0.15) is 36.4 Å². The summed E-state index contributed by atoms with van der Waals surface area (Å²) in [4.78, 5) is 33.9. The third kappa shape index (κ3) is 4.84. The third-order valence-electron chi connectivity index (χ3n) is 6.16. The summed E-state index contributed by atoms with van der Waals surface area (Å²) >= 11 is 0. The summed E-state index contributed by atoms with van der Waals surface area (Å²) < 4.78 is 0. The number of anilines is 2. The van der Waals surface area contributed by atoms with Crippen molar-refractivity contribution in [3.8, 4) is 11.4 Å². The number of benzene rings is 1. The van der Waals surface area contributed by atoms with Gasteiger partial charge in [-0.05, 0) is 44.0 Å². The Kier molecular flexibility index (Phi) is 6.43. The average molecular weight is 418 g/mol. The molecule has 1 aliphatic carbocycles. The van der Waals surface area contributed by atoms with Gasteiger partial charge in [-0.2, -0.15) is 9.59 Å². The van der Waals surface area contributed by atoms with Crippen LogP contribution in [0.2, 0.25) is 0 Å². The minimum Gasteiger partial charge on any atom is -0.368 e. The maximum Gasteiger partial charge on any atom is 0.373 e. The lowest BCUT2D eigenvalue weighted by Gasteiger charge is -2.36. The first-order valence-electron chi connectivity index (χ1n) is 10.7. The van der Waals surface area contributed by atoms with E-state index in [1.54, 1.807) is 0 Å². The zero-order valence-electron chi connectivity index (χ0n) is 17.8. The van der Waals surface area contributed by atoms with Gasteiger partial charge in [-0.25, -0.2) is 9.97 Å². The van der Waals surface area contributed by atoms with Crippen LogP contribution < -0.4 is 9.80 Å². The molecule has 160 valence electrons. The van der Waals surface area contributed by atoms with Crippen molar-refractivity contribution in [1.82, 2.24) is 15.0 Å². The molecule has 7 heteroatoms. The summed E-state index contributed by atoms with van der Waals surface area (Å²) in [6, 6.07) is 13.1. The number of carbonyl (C=O) groups excluding carboxylic acids is 2. The Labute approximate surface area is 182 Å². The molecule has 1 aromatic carbocycles. The molecule has 3 heterocycles. The van der Waals surface area contributed by atoms with Crippen molar-refractivity contribution in [3.05, 3.63) is 60.0 Å². The van der Waals surface area contributed by atoms with Crippen LogP contribution in [0.3, 0.4) is 0 Å². The van der Waals surface area contributed by atoms with E-state index in [1.165, 1.54) is 36.2 Å². The monoisotopic (exact) mass is 417 g/mol. The summed E-state index contributed by atoms with van der Waals surface area (Å²) in [5.74, 6) is 2.67. The second-order valence-corrected chi connectivity index (χ2v) is 8.11. The summed E-state index contributed by atoms with van der Waals surface area (Å²) in [7, 11) is 0. The van der Waals surface area contributed by atoms with Gasteiger partial charge in [-0.1, -0.05) is 24.1 Å². The number of aromatic amines is 1. The number of hydrogen-bond acceptors (Lipinski definition) is 6. The molecule has 1 saturated heterocycles. The SMILES string of the molecule is Cc1ccc(N2CCN(c3ccc(-c4ncc(C5CCC5)[nH]4)cn3)CC2)cc1.O=C=O. The van der Waals surface area contributed by atoms with Crippen molar-refractivity contribution in [3.63, 3.8) is 0 Å². The molecule has 31 heavy (non-hydrogen) atoms. The predicted octanol–water partition coefficient (Wildman–Crippen LogP) is 3.79. The molecule has 2 aromatic heterocycles. The first kappa shape index (κ1) is 20.8. The van der Waals surface area contributed by atoms with Gasteiger partial charge in [0.1, 0.15) is 11.6 Å². The van der Waals surface area contributed by atoms with E-state index in [0.717, 1.165) is 43.4 Å². The molecule has 1 saturated carbocycles. The fourth-order valence-electron chi connectivity index (χ4n) is 4.07. The molecule has 5 rings (SSSR count). The van der Waals surface area contributed by atoms with Crippen molar-refractivity contribution in [2.24, 2.45) is 0 Å². The van der Waals surface area contributed by atoms with Gasteiger partial charge in [0.25, 0.3) is 0 Å². The minimum atomic E-state index is 0.250. The molecular weight excluding hydrogens is 390 g/mol. The zero-order chi connectivity index (χ0) is 21.6. The number of aryl methyl sites for hydroxylation is 1. The van der Waals surface area contributed by atoms with Gasteiger partial charge < -0.3 is 14.8 Å². The number of piperazine rings is 1. The summed E-state index contributed by atoms with van der Waals surface area (Å²) in [6.07, 6.45) is 8.11. The van der Waals surface area contributed by atoms with Gasteiger partial charge in [0.2, 0.25) is 0 Å². The number of rotatable bonds is 4. The van der Waals surface area contributed by atoms with Crippen molar-refractivity contribution in [1.29, 1.82) is 0 Å². The van der Waals surface area contributed by atoms with Crippen LogP contribution in [0.5, 0.6) is 0 Å². The van der Waals surface area contributed by atoms with Crippen LogP contribution in [0.15, 0.2) is 48.8 Å². The molecule has 0 atom stereocenters. The zero-order valence-corrected chi connectivity index (χ0v) is 17.8. The van der Waals surface area contributed by atoms with E-state index in [4.69, 9.17) is 14.6 Å². The predicted molar refractivity (Wildman–Crippen MR) is 119 cm³/mol. The van der Waals surface area contributed by atoms with Gasteiger partial charge in [-0.15, -0.1) is 0 Å². The molecule has 0 radical (unpaired) electrons. The van der Waals surface area contributed by atoms with E-state index in [0.29, 0.717) is 5.92 Å². The number of H-pyrrole nitrogens is 1. The fraction of sp³-hybridized carbons (Fsp3) is 0.375. The van der Waals surface area contributed by atoms with Gasteiger partial charge in [-0.3, -0.25) is 0 Å². The molecule has 1 N–H and O–H groups in total. The number of imidazole rings is 1. The minimum absolute atomic E-state index is 0.250. The van der Waals surface area contributed by atoms with E-state index in [1.807, 2.05) is 12.4 Å². The van der Waals surface area contributed by atoms with Crippen molar-refractivity contribution < 1.29 is 9.59 Å². The lowest BCUT2D eigenvalue weighted by molar-refractivity contribution is -0.191. The Balaban J connectivity index is 0.000000730. The topological polar surface area (TPSA) is 82.2 Å². The van der Waals surface area contributed by atoms with Crippen molar-refractivity contribution in [2.75, 3.05) is 36.0 Å². The van der Waals surface area contributed by atoms with E-state index < -0.39 is 0 Å². The molecule has 1 aliphatic heterocycles. The van der Waals surface area contributed by atoms with Crippen LogP contribution in [0.25, 0.3) is 11.4 Å². The highest BCUT2D eigenvalue weighted by atomic mass is 16.2.